The first-order valence-corrected chi connectivity index (χ1v) is 7.37. The molecule has 0 spiro atoms. The van der Waals surface area contributed by atoms with Gasteiger partial charge in [0.25, 0.3) is 0 Å². The fourth-order valence-electron chi connectivity index (χ4n) is 2.28. The van der Waals surface area contributed by atoms with E-state index in [-0.39, 0.29) is 23.9 Å². The second-order valence-corrected chi connectivity index (χ2v) is 5.02. The monoisotopic (exact) mass is 328 g/mol. The van der Waals surface area contributed by atoms with Crippen LogP contribution in [0.4, 0.5) is 8.78 Å². The van der Waals surface area contributed by atoms with Gasteiger partial charge in [-0.2, -0.15) is 0 Å². The highest BCUT2D eigenvalue weighted by Gasteiger charge is 2.17. The lowest BCUT2D eigenvalue weighted by Crippen LogP contribution is -2.04. The smallest absolute Gasteiger partial charge is 0.358 e. The second kappa shape index (κ2) is 6.62. The van der Waals surface area contributed by atoms with Crippen molar-refractivity contribution in [3.63, 3.8) is 0 Å². The summed E-state index contributed by atoms with van der Waals surface area (Å²) in [6.45, 7) is 1.93. The highest BCUT2D eigenvalue weighted by atomic mass is 19.1. The molecule has 1 heterocycles. The average molecular weight is 328 g/mol. The third-order valence-electron chi connectivity index (χ3n) is 3.40. The quantitative estimate of drug-likeness (QED) is 0.680. The largest absolute Gasteiger partial charge is 0.461 e. The fraction of sp³-hybridized carbons (Fsp3) is 0.111. The van der Waals surface area contributed by atoms with E-state index in [2.05, 4.69) is 4.98 Å². The Bertz CT molecular complexity index is 793. The summed E-state index contributed by atoms with van der Waals surface area (Å²) in [5.74, 6) is -0.858. The van der Waals surface area contributed by atoms with Crippen molar-refractivity contribution in [2.24, 2.45) is 0 Å². The van der Waals surface area contributed by atoms with Crippen molar-refractivity contribution in [1.29, 1.82) is 0 Å². The van der Waals surface area contributed by atoms with Gasteiger partial charge in [0, 0.05) is 17.4 Å². The summed E-state index contributed by atoms with van der Waals surface area (Å²) in [4.78, 5) is 16.3. The van der Waals surface area contributed by atoms with Crippen LogP contribution in [-0.2, 0) is 4.74 Å². The average Bonchev–Trinajstić information content (AvgIpc) is 3.02. The van der Waals surface area contributed by atoms with Crippen molar-refractivity contribution in [3.05, 3.63) is 72.1 Å². The van der Waals surface area contributed by atoms with Crippen LogP contribution < -0.4 is 0 Å². The summed E-state index contributed by atoms with van der Waals surface area (Å²) in [6.07, 6.45) is 1.52. The SMILES string of the molecule is CCOC(=O)c1cn(-c2ccc(F)cc2)c(-c2ccc(F)cc2)n1. The first-order chi connectivity index (χ1) is 11.6. The maximum atomic E-state index is 13.2. The molecule has 3 rings (SSSR count). The van der Waals surface area contributed by atoms with Crippen molar-refractivity contribution in [2.75, 3.05) is 6.61 Å². The van der Waals surface area contributed by atoms with Crippen molar-refractivity contribution >= 4 is 5.97 Å². The topological polar surface area (TPSA) is 44.1 Å². The van der Waals surface area contributed by atoms with Gasteiger partial charge < -0.3 is 4.74 Å². The minimum atomic E-state index is -0.554. The zero-order chi connectivity index (χ0) is 17.1. The number of halogens is 2. The van der Waals surface area contributed by atoms with Gasteiger partial charge in [-0.15, -0.1) is 0 Å². The predicted molar refractivity (Wildman–Crippen MR) is 84.9 cm³/mol. The Kier molecular flexibility index (Phi) is 4.37. The van der Waals surface area contributed by atoms with Gasteiger partial charge in [0.15, 0.2) is 5.69 Å². The zero-order valence-corrected chi connectivity index (χ0v) is 12.9. The minimum absolute atomic E-state index is 0.125. The summed E-state index contributed by atoms with van der Waals surface area (Å²) >= 11 is 0. The predicted octanol–water partition coefficient (Wildman–Crippen LogP) is 3.99. The van der Waals surface area contributed by atoms with Gasteiger partial charge in [-0.1, -0.05) is 0 Å². The summed E-state index contributed by atoms with van der Waals surface area (Å²) < 4.78 is 32.9. The van der Waals surface area contributed by atoms with Crippen LogP contribution in [0.2, 0.25) is 0 Å². The molecular formula is C18H14F2N2O2. The van der Waals surface area contributed by atoms with Crippen LogP contribution in [0.15, 0.2) is 54.7 Å². The number of ether oxygens (including phenoxy) is 1. The maximum absolute atomic E-state index is 13.2. The zero-order valence-electron chi connectivity index (χ0n) is 12.9. The van der Waals surface area contributed by atoms with E-state index in [1.165, 1.54) is 30.5 Å². The van der Waals surface area contributed by atoms with Gasteiger partial charge >= 0.3 is 5.97 Å². The summed E-state index contributed by atoms with van der Waals surface area (Å²) in [5.41, 5.74) is 1.37. The van der Waals surface area contributed by atoms with Crippen molar-refractivity contribution < 1.29 is 18.3 Å². The molecule has 0 saturated heterocycles. The minimum Gasteiger partial charge on any atom is -0.461 e. The number of carbonyl (C=O) groups is 1. The van der Waals surface area contributed by atoms with Crippen molar-refractivity contribution in [1.82, 2.24) is 9.55 Å². The second-order valence-electron chi connectivity index (χ2n) is 5.02. The Hall–Kier alpha value is -3.02. The lowest BCUT2D eigenvalue weighted by atomic mass is 10.2. The summed E-state index contributed by atoms with van der Waals surface area (Å²) in [6, 6.07) is 11.5. The molecule has 6 heteroatoms. The third kappa shape index (κ3) is 3.17. The first-order valence-electron chi connectivity index (χ1n) is 7.37. The van der Waals surface area contributed by atoms with Crippen molar-refractivity contribution in [3.8, 4) is 17.1 Å². The number of rotatable bonds is 4. The molecule has 0 amide bonds. The van der Waals surface area contributed by atoms with Gasteiger partial charge in [-0.05, 0) is 55.5 Å². The standard InChI is InChI=1S/C18H14F2N2O2/c1-2-24-18(23)16-11-22(15-9-7-14(20)8-10-15)17(21-16)12-3-5-13(19)6-4-12/h3-11H,2H2,1H3. The highest BCUT2D eigenvalue weighted by molar-refractivity contribution is 5.88. The number of imidazole rings is 1. The Morgan fingerprint density at radius 2 is 1.62 bits per heavy atom. The normalized spacial score (nSPS) is 10.6. The molecule has 0 aliphatic heterocycles. The number of hydrogen-bond donors (Lipinski definition) is 0. The van der Waals surface area contributed by atoms with E-state index in [4.69, 9.17) is 4.74 Å². The van der Waals surface area contributed by atoms with E-state index in [1.54, 1.807) is 35.8 Å². The lowest BCUT2D eigenvalue weighted by Gasteiger charge is -2.07. The van der Waals surface area contributed by atoms with E-state index in [0.717, 1.165) is 0 Å². The molecule has 0 aliphatic rings. The van der Waals surface area contributed by atoms with Crippen molar-refractivity contribution in [2.45, 2.75) is 6.92 Å². The van der Waals surface area contributed by atoms with Gasteiger partial charge in [-0.25, -0.2) is 18.6 Å². The number of esters is 1. The van der Waals surface area contributed by atoms with Crippen LogP contribution >= 0.6 is 0 Å². The molecule has 0 radical (unpaired) electrons. The van der Waals surface area contributed by atoms with Crippen LogP contribution in [-0.4, -0.2) is 22.1 Å². The lowest BCUT2D eigenvalue weighted by molar-refractivity contribution is 0.0520. The molecule has 0 unspecified atom stereocenters. The third-order valence-corrected chi connectivity index (χ3v) is 3.40. The van der Waals surface area contributed by atoms with Gasteiger partial charge in [0.05, 0.1) is 6.61 Å². The summed E-state index contributed by atoms with van der Waals surface area (Å²) in [5, 5.41) is 0. The van der Waals surface area contributed by atoms with Crippen LogP contribution in [0.5, 0.6) is 0 Å². The van der Waals surface area contributed by atoms with Crippen LogP contribution in [0, 0.1) is 11.6 Å². The molecule has 1 aromatic heterocycles. The molecular weight excluding hydrogens is 314 g/mol. The molecule has 0 aliphatic carbocycles. The van der Waals surface area contributed by atoms with Crippen LogP contribution in [0.3, 0.4) is 0 Å². The number of benzene rings is 2. The molecule has 24 heavy (non-hydrogen) atoms. The van der Waals surface area contributed by atoms with E-state index in [0.29, 0.717) is 17.1 Å². The van der Waals surface area contributed by atoms with E-state index >= 15 is 0 Å². The first kappa shape index (κ1) is 15.9. The molecule has 0 N–H and O–H groups in total. The van der Waals surface area contributed by atoms with E-state index < -0.39 is 5.97 Å². The highest BCUT2D eigenvalue weighted by Crippen LogP contribution is 2.24. The molecule has 4 nitrogen and oxygen atoms in total. The Labute approximate surface area is 137 Å². The van der Waals surface area contributed by atoms with Crippen LogP contribution in [0.25, 0.3) is 17.1 Å². The number of aromatic nitrogens is 2. The number of hydrogen-bond acceptors (Lipinski definition) is 3. The molecule has 3 aromatic rings. The van der Waals surface area contributed by atoms with Gasteiger partial charge in [-0.3, -0.25) is 4.57 Å². The molecule has 0 atom stereocenters. The maximum Gasteiger partial charge on any atom is 0.358 e. The number of nitrogens with zero attached hydrogens (tertiary/aromatic N) is 2. The number of carbonyl (C=O) groups excluding carboxylic acids is 1. The molecule has 2 aromatic carbocycles. The van der Waals surface area contributed by atoms with E-state index in [1.807, 2.05) is 0 Å². The Morgan fingerprint density at radius 3 is 2.21 bits per heavy atom. The molecule has 0 saturated carbocycles. The molecule has 122 valence electrons. The summed E-state index contributed by atoms with van der Waals surface area (Å²) in [7, 11) is 0. The Morgan fingerprint density at radius 1 is 1.04 bits per heavy atom. The fourth-order valence-corrected chi connectivity index (χ4v) is 2.28. The molecule has 0 bridgehead atoms. The van der Waals surface area contributed by atoms with Gasteiger partial charge in [0.1, 0.15) is 17.5 Å². The van der Waals surface area contributed by atoms with Crippen LogP contribution in [0.1, 0.15) is 17.4 Å². The van der Waals surface area contributed by atoms with E-state index in [9.17, 15) is 13.6 Å². The Balaban J connectivity index is 2.12. The molecule has 0 fully saturated rings. The van der Waals surface area contributed by atoms with Gasteiger partial charge in [0.2, 0.25) is 0 Å².